The summed E-state index contributed by atoms with van der Waals surface area (Å²) in [5.74, 6) is -3.50. The predicted molar refractivity (Wildman–Crippen MR) is 86.6 cm³/mol. The van der Waals surface area contributed by atoms with E-state index in [-0.39, 0.29) is 19.5 Å². The summed E-state index contributed by atoms with van der Waals surface area (Å²) >= 11 is 5.77. The van der Waals surface area contributed by atoms with Gasteiger partial charge in [-0.1, -0.05) is 23.7 Å². The van der Waals surface area contributed by atoms with Gasteiger partial charge < -0.3 is 26.2 Å². The first-order valence-corrected chi connectivity index (χ1v) is 7.53. The third-order valence-electron chi connectivity index (χ3n) is 3.14. The van der Waals surface area contributed by atoms with E-state index < -0.39 is 29.9 Å². The van der Waals surface area contributed by atoms with Gasteiger partial charge in [0.2, 0.25) is 11.8 Å². The van der Waals surface area contributed by atoms with E-state index in [4.69, 9.17) is 17.3 Å². The molecule has 0 aliphatic rings. The highest BCUT2D eigenvalue weighted by Crippen LogP contribution is 2.09. The van der Waals surface area contributed by atoms with Crippen molar-refractivity contribution in [3.63, 3.8) is 0 Å². The normalized spacial score (nSPS) is 12.8. The van der Waals surface area contributed by atoms with Crippen LogP contribution in [0.4, 0.5) is 0 Å². The average molecular weight is 358 g/mol. The van der Waals surface area contributed by atoms with Crippen molar-refractivity contribution in [2.24, 2.45) is 11.7 Å². The largest absolute Gasteiger partial charge is 0.469 e. The number of amides is 2. The van der Waals surface area contributed by atoms with Gasteiger partial charge in [0.1, 0.15) is 6.23 Å². The summed E-state index contributed by atoms with van der Waals surface area (Å²) in [7, 11) is 1.22. The number of hydrogen-bond acceptors (Lipinski definition) is 6. The van der Waals surface area contributed by atoms with Gasteiger partial charge in [0, 0.05) is 18.1 Å². The maximum atomic E-state index is 12.1. The lowest BCUT2D eigenvalue weighted by atomic mass is 10.1. The number of methoxy groups -OCH3 is 1. The topological polar surface area (TPSA) is 131 Å². The van der Waals surface area contributed by atoms with Crippen molar-refractivity contribution >= 4 is 29.4 Å². The number of hydrogen-bond donors (Lipinski definition) is 4. The van der Waals surface area contributed by atoms with E-state index >= 15 is 0 Å². The fourth-order valence-corrected chi connectivity index (χ4v) is 1.96. The van der Waals surface area contributed by atoms with E-state index in [2.05, 4.69) is 15.4 Å². The van der Waals surface area contributed by atoms with E-state index in [0.717, 1.165) is 5.56 Å². The number of rotatable bonds is 8. The van der Waals surface area contributed by atoms with Crippen LogP contribution in [0, 0.1) is 5.92 Å². The van der Waals surface area contributed by atoms with E-state index in [0.29, 0.717) is 5.02 Å². The minimum Gasteiger partial charge on any atom is -0.469 e. The number of carbonyl (C=O) groups is 3. The molecule has 1 rings (SSSR count). The van der Waals surface area contributed by atoms with Gasteiger partial charge in [-0.3, -0.25) is 14.4 Å². The number of benzene rings is 1. The molecular weight excluding hydrogens is 338 g/mol. The van der Waals surface area contributed by atoms with Gasteiger partial charge in [0.25, 0.3) is 0 Å². The van der Waals surface area contributed by atoms with Crippen LogP contribution >= 0.6 is 11.6 Å². The standard InChI is InChI=1S/C15H20ClN3O5/c1-24-11(20)6-7-18-14(22)12(13(17)21)15(23)19-8-9-2-4-10(16)5-3-9/h2-5,12-13,21H,6-8,17H2,1H3,(H,18,22)(H,19,23). The fourth-order valence-electron chi connectivity index (χ4n) is 1.83. The highest BCUT2D eigenvalue weighted by Gasteiger charge is 2.31. The number of aliphatic hydroxyl groups excluding tert-OH is 1. The molecule has 2 unspecified atom stereocenters. The SMILES string of the molecule is COC(=O)CCNC(=O)C(C(=O)NCc1ccc(Cl)cc1)C(N)O. The molecule has 0 spiro atoms. The Morgan fingerprint density at radius 3 is 2.33 bits per heavy atom. The Labute approximate surface area is 144 Å². The molecular formula is C15H20ClN3O5. The van der Waals surface area contributed by atoms with E-state index in [1.165, 1.54) is 7.11 Å². The molecule has 0 saturated heterocycles. The Balaban J connectivity index is 2.56. The molecule has 132 valence electrons. The highest BCUT2D eigenvalue weighted by molar-refractivity contribution is 6.30. The van der Waals surface area contributed by atoms with Crippen LogP contribution in [0.1, 0.15) is 12.0 Å². The number of nitrogens with two attached hydrogens (primary N) is 1. The van der Waals surface area contributed by atoms with Crippen molar-refractivity contribution in [2.75, 3.05) is 13.7 Å². The van der Waals surface area contributed by atoms with E-state index in [1.54, 1.807) is 24.3 Å². The van der Waals surface area contributed by atoms with Crippen molar-refractivity contribution in [3.8, 4) is 0 Å². The molecule has 2 amide bonds. The molecule has 0 bridgehead atoms. The first-order valence-electron chi connectivity index (χ1n) is 7.15. The third-order valence-corrected chi connectivity index (χ3v) is 3.39. The lowest BCUT2D eigenvalue weighted by Gasteiger charge is -2.18. The van der Waals surface area contributed by atoms with Gasteiger partial charge >= 0.3 is 5.97 Å². The summed E-state index contributed by atoms with van der Waals surface area (Å²) in [4.78, 5) is 35.0. The number of nitrogens with one attached hydrogen (secondary N) is 2. The van der Waals surface area contributed by atoms with Crippen molar-refractivity contribution in [1.29, 1.82) is 0 Å². The predicted octanol–water partition coefficient (Wildman–Crippen LogP) is -0.471. The lowest BCUT2D eigenvalue weighted by Crippen LogP contribution is -2.50. The molecule has 0 fully saturated rings. The maximum absolute atomic E-state index is 12.1. The number of halogens is 1. The molecule has 1 aromatic carbocycles. The summed E-state index contributed by atoms with van der Waals surface area (Å²) in [6.45, 7) is 0.119. The van der Waals surface area contributed by atoms with Crippen molar-refractivity contribution in [2.45, 2.75) is 19.2 Å². The molecule has 8 nitrogen and oxygen atoms in total. The van der Waals surface area contributed by atoms with Crippen LogP contribution in [0.5, 0.6) is 0 Å². The van der Waals surface area contributed by atoms with Crippen LogP contribution in [0.3, 0.4) is 0 Å². The monoisotopic (exact) mass is 357 g/mol. The van der Waals surface area contributed by atoms with Gasteiger partial charge in [0.05, 0.1) is 13.5 Å². The minimum atomic E-state index is -1.67. The van der Waals surface area contributed by atoms with Gasteiger partial charge in [0.15, 0.2) is 5.92 Å². The molecule has 2 atom stereocenters. The smallest absolute Gasteiger partial charge is 0.307 e. The second-order valence-electron chi connectivity index (χ2n) is 4.93. The summed E-state index contributed by atoms with van der Waals surface area (Å²) in [6.07, 6.45) is -1.73. The van der Waals surface area contributed by atoms with Gasteiger partial charge in [-0.2, -0.15) is 0 Å². The Morgan fingerprint density at radius 2 is 1.79 bits per heavy atom. The lowest BCUT2D eigenvalue weighted by molar-refractivity contribution is -0.140. The number of carbonyl (C=O) groups excluding carboxylic acids is 3. The average Bonchev–Trinajstić information content (AvgIpc) is 2.53. The summed E-state index contributed by atoms with van der Waals surface area (Å²) < 4.78 is 4.43. The molecule has 0 aliphatic heterocycles. The van der Waals surface area contributed by atoms with Gasteiger partial charge in [-0.15, -0.1) is 0 Å². The Hall–Kier alpha value is -2.16. The number of aliphatic hydroxyl groups is 1. The summed E-state index contributed by atoms with van der Waals surface area (Å²) in [6, 6.07) is 6.76. The van der Waals surface area contributed by atoms with Crippen LogP contribution in [0.25, 0.3) is 0 Å². The Morgan fingerprint density at radius 1 is 1.21 bits per heavy atom. The van der Waals surface area contributed by atoms with Crippen LogP contribution in [0.15, 0.2) is 24.3 Å². The van der Waals surface area contributed by atoms with Crippen LogP contribution in [-0.2, 0) is 25.7 Å². The second kappa shape index (κ2) is 9.86. The van der Waals surface area contributed by atoms with E-state index in [1.807, 2.05) is 0 Å². The number of esters is 1. The van der Waals surface area contributed by atoms with Gasteiger partial charge in [-0.05, 0) is 17.7 Å². The quantitative estimate of drug-likeness (QED) is 0.282. The maximum Gasteiger partial charge on any atom is 0.307 e. The molecule has 9 heteroatoms. The van der Waals surface area contributed by atoms with Gasteiger partial charge in [-0.25, -0.2) is 0 Å². The Bertz CT molecular complexity index is 577. The molecule has 0 aliphatic carbocycles. The van der Waals surface area contributed by atoms with Crippen LogP contribution < -0.4 is 16.4 Å². The molecule has 24 heavy (non-hydrogen) atoms. The first kappa shape index (κ1) is 19.9. The zero-order valence-corrected chi connectivity index (χ0v) is 13.9. The van der Waals surface area contributed by atoms with Crippen LogP contribution in [-0.4, -0.2) is 42.8 Å². The Kier molecular flexibility index (Phi) is 8.17. The molecule has 0 saturated carbocycles. The van der Waals surface area contributed by atoms with Crippen molar-refractivity contribution in [3.05, 3.63) is 34.9 Å². The second-order valence-corrected chi connectivity index (χ2v) is 5.37. The molecule has 0 aromatic heterocycles. The highest BCUT2D eigenvalue weighted by atomic mass is 35.5. The summed E-state index contributed by atoms with van der Waals surface area (Å²) in [5.41, 5.74) is 6.08. The van der Waals surface area contributed by atoms with Crippen molar-refractivity contribution in [1.82, 2.24) is 10.6 Å². The fraction of sp³-hybridized carbons (Fsp3) is 0.400. The molecule has 5 N–H and O–H groups in total. The first-order chi connectivity index (χ1) is 11.3. The third kappa shape index (κ3) is 6.53. The molecule has 1 aromatic rings. The van der Waals surface area contributed by atoms with Crippen molar-refractivity contribution < 1.29 is 24.2 Å². The number of ether oxygens (including phenoxy) is 1. The zero-order chi connectivity index (χ0) is 18.1. The molecule has 0 radical (unpaired) electrons. The molecule has 0 heterocycles. The van der Waals surface area contributed by atoms with Crippen LogP contribution in [0.2, 0.25) is 5.02 Å². The summed E-state index contributed by atoms with van der Waals surface area (Å²) in [5, 5.41) is 14.9. The van der Waals surface area contributed by atoms with E-state index in [9.17, 15) is 19.5 Å². The minimum absolute atomic E-state index is 0.0286. The zero-order valence-electron chi connectivity index (χ0n) is 13.1.